The fraction of sp³-hybridized carbons (Fsp3) is 0.500. The molecule has 6 heteroatoms. The van der Waals surface area contributed by atoms with Gasteiger partial charge in [-0.15, -0.1) is 4.98 Å². The number of imidazole rings is 1. The smallest absolute Gasteiger partial charge is 0.399 e. The number of nitrogens with zero attached hydrogens (tertiary/aromatic N) is 1. The van der Waals surface area contributed by atoms with Gasteiger partial charge < -0.3 is 9.31 Å². The van der Waals surface area contributed by atoms with Crippen molar-refractivity contribution in [3.05, 3.63) is 18.6 Å². The van der Waals surface area contributed by atoms with Gasteiger partial charge in [0.1, 0.15) is 6.20 Å². The molecule has 94 valence electrons. The summed E-state index contributed by atoms with van der Waals surface area (Å²) in [7, 11) is -0.366. The maximum atomic E-state index is 5.99. The SMILES string of the molecule is CC1(C)OB(c2cnc3[nH+]c[nH]c3c2)OC1(C)C. The molecule has 1 aliphatic heterocycles. The van der Waals surface area contributed by atoms with Crippen molar-refractivity contribution < 1.29 is 14.3 Å². The van der Waals surface area contributed by atoms with Crippen LogP contribution in [0.25, 0.3) is 11.2 Å². The average molecular weight is 246 g/mol. The predicted octanol–water partition coefficient (Wildman–Crippen LogP) is 0.676. The Bertz CT molecular complexity index is 578. The Balaban J connectivity index is 1.96. The van der Waals surface area contributed by atoms with Crippen LogP contribution in [0.2, 0.25) is 0 Å². The highest BCUT2D eigenvalue weighted by molar-refractivity contribution is 6.62. The van der Waals surface area contributed by atoms with E-state index in [-0.39, 0.29) is 18.3 Å². The standard InChI is InChI=1S/C12H16BN3O2/c1-11(2)12(3,4)18-13(17-11)8-5-9-10(14-6-8)16-7-15-9/h5-7H,1-4H3,(H,14,15,16)/p+1. The van der Waals surface area contributed by atoms with Gasteiger partial charge in [0.15, 0.2) is 11.8 Å². The second-order valence-corrected chi connectivity index (χ2v) is 5.69. The van der Waals surface area contributed by atoms with Gasteiger partial charge in [-0.1, -0.05) is 0 Å². The number of rotatable bonds is 1. The van der Waals surface area contributed by atoms with Crippen molar-refractivity contribution in [2.45, 2.75) is 38.9 Å². The molecule has 0 radical (unpaired) electrons. The summed E-state index contributed by atoms with van der Waals surface area (Å²) in [4.78, 5) is 10.5. The van der Waals surface area contributed by atoms with Gasteiger partial charge in [0.25, 0.3) is 5.65 Å². The van der Waals surface area contributed by atoms with Crippen molar-refractivity contribution in [1.82, 2.24) is 9.97 Å². The fourth-order valence-electron chi connectivity index (χ4n) is 2.00. The van der Waals surface area contributed by atoms with Crippen molar-refractivity contribution in [2.75, 3.05) is 0 Å². The van der Waals surface area contributed by atoms with Crippen LogP contribution < -0.4 is 10.4 Å². The number of fused-ring (bicyclic) bond motifs is 1. The van der Waals surface area contributed by atoms with Gasteiger partial charge in [0, 0.05) is 5.46 Å². The van der Waals surface area contributed by atoms with E-state index in [4.69, 9.17) is 9.31 Å². The maximum Gasteiger partial charge on any atom is 0.498 e. The molecule has 0 spiro atoms. The molecule has 0 atom stereocenters. The number of aromatic nitrogens is 3. The highest BCUT2D eigenvalue weighted by atomic mass is 16.7. The van der Waals surface area contributed by atoms with Crippen molar-refractivity contribution in [2.24, 2.45) is 0 Å². The minimum Gasteiger partial charge on any atom is -0.399 e. The van der Waals surface area contributed by atoms with Crippen molar-refractivity contribution in [3.63, 3.8) is 0 Å². The Morgan fingerprint density at radius 3 is 2.56 bits per heavy atom. The van der Waals surface area contributed by atoms with Crippen molar-refractivity contribution in [3.8, 4) is 0 Å². The molecule has 0 aromatic carbocycles. The van der Waals surface area contributed by atoms with Gasteiger partial charge >= 0.3 is 7.12 Å². The Labute approximate surface area is 106 Å². The molecule has 3 rings (SSSR count). The van der Waals surface area contributed by atoms with Crippen molar-refractivity contribution >= 4 is 23.7 Å². The number of hydrogen-bond donors (Lipinski definition) is 1. The molecule has 0 amide bonds. The highest BCUT2D eigenvalue weighted by Crippen LogP contribution is 2.36. The van der Waals surface area contributed by atoms with E-state index in [1.165, 1.54) is 0 Å². The van der Waals surface area contributed by atoms with Crippen molar-refractivity contribution in [1.29, 1.82) is 0 Å². The quantitative estimate of drug-likeness (QED) is 0.752. The first kappa shape index (κ1) is 11.7. The third kappa shape index (κ3) is 1.64. The van der Waals surface area contributed by atoms with Crippen LogP contribution in [-0.4, -0.2) is 28.3 Å². The second-order valence-electron chi connectivity index (χ2n) is 5.69. The molecule has 2 aromatic heterocycles. The van der Waals surface area contributed by atoms with E-state index in [2.05, 4.69) is 15.0 Å². The lowest BCUT2D eigenvalue weighted by atomic mass is 9.80. The molecule has 3 heterocycles. The molecule has 18 heavy (non-hydrogen) atoms. The van der Waals surface area contributed by atoms with E-state index in [1.54, 1.807) is 12.5 Å². The third-order valence-corrected chi connectivity index (χ3v) is 3.87. The number of H-pyrrole nitrogens is 2. The minimum atomic E-state index is -0.366. The molecule has 2 N–H and O–H groups in total. The second kappa shape index (κ2) is 3.55. The van der Waals surface area contributed by atoms with Crippen LogP contribution in [0.5, 0.6) is 0 Å². The van der Waals surface area contributed by atoms with Gasteiger partial charge in [-0.05, 0) is 33.8 Å². The maximum absolute atomic E-state index is 5.99. The molecule has 0 saturated carbocycles. The van der Waals surface area contributed by atoms with E-state index in [0.29, 0.717) is 0 Å². The van der Waals surface area contributed by atoms with E-state index in [0.717, 1.165) is 16.6 Å². The number of pyridine rings is 1. The van der Waals surface area contributed by atoms with Crippen LogP contribution in [0.15, 0.2) is 18.6 Å². The summed E-state index contributed by atoms with van der Waals surface area (Å²) in [6.07, 6.45) is 3.54. The molecular weight excluding hydrogens is 229 g/mol. The predicted molar refractivity (Wildman–Crippen MR) is 68.4 cm³/mol. The summed E-state index contributed by atoms with van der Waals surface area (Å²) >= 11 is 0. The molecular formula is C12H17BN3O2+. The van der Waals surface area contributed by atoms with Crippen LogP contribution in [-0.2, 0) is 9.31 Å². The minimum absolute atomic E-state index is 0.325. The molecule has 0 aliphatic carbocycles. The zero-order chi connectivity index (χ0) is 13.0. The number of aromatic amines is 2. The molecule has 0 unspecified atom stereocenters. The summed E-state index contributed by atoms with van der Waals surface area (Å²) in [5.41, 5.74) is 2.05. The van der Waals surface area contributed by atoms with Crippen LogP contribution in [0, 0.1) is 0 Å². The monoisotopic (exact) mass is 246 g/mol. The lowest BCUT2D eigenvalue weighted by molar-refractivity contribution is -0.347. The van der Waals surface area contributed by atoms with E-state index in [1.807, 2.05) is 33.8 Å². The highest BCUT2D eigenvalue weighted by Gasteiger charge is 2.52. The zero-order valence-electron chi connectivity index (χ0n) is 11.1. The van der Waals surface area contributed by atoms with Gasteiger partial charge in [-0.3, -0.25) is 4.98 Å². The van der Waals surface area contributed by atoms with E-state index < -0.39 is 0 Å². The normalized spacial score (nSPS) is 21.7. The Kier molecular flexibility index (Phi) is 2.31. The van der Waals surface area contributed by atoms with E-state index in [9.17, 15) is 0 Å². The number of nitrogens with one attached hydrogen (secondary N) is 2. The molecule has 1 fully saturated rings. The summed E-state index contributed by atoms with van der Waals surface area (Å²) in [6.45, 7) is 8.17. The lowest BCUT2D eigenvalue weighted by Crippen LogP contribution is -2.41. The first-order valence-corrected chi connectivity index (χ1v) is 6.09. The van der Waals surface area contributed by atoms with Gasteiger partial charge in [0.2, 0.25) is 0 Å². The summed E-state index contributed by atoms with van der Waals surface area (Å²) in [6, 6.07) is 2.00. The van der Waals surface area contributed by atoms with Crippen LogP contribution in [0.1, 0.15) is 27.7 Å². The van der Waals surface area contributed by atoms with E-state index >= 15 is 0 Å². The van der Waals surface area contributed by atoms with Crippen LogP contribution in [0.4, 0.5) is 0 Å². The Morgan fingerprint density at radius 2 is 1.89 bits per heavy atom. The van der Waals surface area contributed by atoms with Gasteiger partial charge in [0.05, 0.1) is 11.2 Å². The lowest BCUT2D eigenvalue weighted by Gasteiger charge is -2.32. The Hall–Kier alpha value is -1.40. The first-order chi connectivity index (χ1) is 8.39. The summed E-state index contributed by atoms with van der Waals surface area (Å²) in [5.74, 6) is 0. The van der Waals surface area contributed by atoms with Gasteiger partial charge in [-0.25, -0.2) is 4.98 Å². The van der Waals surface area contributed by atoms with Gasteiger partial charge in [-0.2, -0.15) is 0 Å². The molecule has 1 aliphatic rings. The molecule has 0 bridgehead atoms. The number of hydrogen-bond acceptors (Lipinski definition) is 3. The fourth-order valence-corrected chi connectivity index (χ4v) is 2.00. The molecule has 5 nitrogen and oxygen atoms in total. The zero-order valence-corrected chi connectivity index (χ0v) is 11.1. The molecule has 2 aromatic rings. The summed E-state index contributed by atoms with van der Waals surface area (Å²) in [5, 5.41) is 0. The van der Waals surface area contributed by atoms with Crippen LogP contribution in [0.3, 0.4) is 0 Å². The third-order valence-electron chi connectivity index (χ3n) is 3.87. The summed E-state index contributed by atoms with van der Waals surface area (Å²) < 4.78 is 12.0. The Morgan fingerprint density at radius 1 is 1.22 bits per heavy atom. The first-order valence-electron chi connectivity index (χ1n) is 6.09. The average Bonchev–Trinajstić information content (AvgIpc) is 2.80. The van der Waals surface area contributed by atoms with Crippen LogP contribution >= 0.6 is 0 Å². The topological polar surface area (TPSA) is 61.3 Å². The largest absolute Gasteiger partial charge is 0.498 e. The molecule has 1 saturated heterocycles.